The van der Waals surface area contributed by atoms with Crippen molar-refractivity contribution in [2.75, 3.05) is 0 Å². The van der Waals surface area contributed by atoms with Gasteiger partial charge >= 0.3 is 0 Å². The maximum Gasteiger partial charge on any atom is -0.0193 e. The van der Waals surface area contributed by atoms with Gasteiger partial charge in [0.2, 0.25) is 0 Å². The van der Waals surface area contributed by atoms with Crippen molar-refractivity contribution in [3.63, 3.8) is 0 Å². The Morgan fingerprint density at radius 3 is 2.40 bits per heavy atom. The largest absolute Gasteiger partial charge is 0.0840 e. The molecule has 1 rings (SSSR count). The first-order valence-corrected chi connectivity index (χ1v) is 6.48. The molecule has 0 saturated carbocycles. The molecule has 0 N–H and O–H groups in total. The summed E-state index contributed by atoms with van der Waals surface area (Å²) in [6.45, 7) is 9.53. The summed E-state index contributed by atoms with van der Waals surface area (Å²) in [5.74, 6) is 3.36. The molecule has 0 aromatic heterocycles. The van der Waals surface area contributed by atoms with Gasteiger partial charge in [0, 0.05) is 0 Å². The Labute approximate surface area is 95.5 Å². The van der Waals surface area contributed by atoms with Crippen LogP contribution in [0.4, 0.5) is 0 Å². The van der Waals surface area contributed by atoms with Crippen LogP contribution in [0.3, 0.4) is 0 Å². The van der Waals surface area contributed by atoms with Crippen molar-refractivity contribution in [3.8, 4) is 0 Å². The summed E-state index contributed by atoms with van der Waals surface area (Å²) in [6.07, 6.45) is 12.9. The zero-order chi connectivity index (χ0) is 11.3. The molecule has 0 bridgehead atoms. The van der Waals surface area contributed by atoms with Crippen LogP contribution in [0, 0.1) is 23.7 Å². The lowest BCUT2D eigenvalue weighted by Gasteiger charge is -2.28. The van der Waals surface area contributed by atoms with Gasteiger partial charge in [0.05, 0.1) is 0 Å². The Balaban J connectivity index is 2.37. The molecule has 86 valence electrons. The monoisotopic (exact) mass is 206 g/mol. The third kappa shape index (κ3) is 3.85. The van der Waals surface area contributed by atoms with E-state index in [1.807, 2.05) is 0 Å². The molecule has 1 aliphatic carbocycles. The lowest BCUT2D eigenvalue weighted by Crippen LogP contribution is -2.18. The minimum Gasteiger partial charge on any atom is -0.0840 e. The van der Waals surface area contributed by atoms with E-state index in [0.717, 1.165) is 23.7 Å². The van der Waals surface area contributed by atoms with Gasteiger partial charge in [-0.1, -0.05) is 58.4 Å². The van der Waals surface area contributed by atoms with Crippen molar-refractivity contribution in [3.05, 3.63) is 24.3 Å². The molecule has 0 fully saturated rings. The zero-order valence-corrected chi connectivity index (χ0v) is 10.7. The highest BCUT2D eigenvalue weighted by Gasteiger charge is 2.20. The van der Waals surface area contributed by atoms with E-state index >= 15 is 0 Å². The molecule has 0 heterocycles. The molecule has 0 radical (unpaired) electrons. The van der Waals surface area contributed by atoms with Crippen molar-refractivity contribution in [2.45, 2.75) is 47.0 Å². The van der Waals surface area contributed by atoms with Crippen molar-refractivity contribution < 1.29 is 0 Å². The fourth-order valence-electron chi connectivity index (χ4n) is 2.43. The number of hydrogen-bond donors (Lipinski definition) is 0. The summed E-state index contributed by atoms with van der Waals surface area (Å²) in [5, 5.41) is 0. The van der Waals surface area contributed by atoms with Gasteiger partial charge in [0.15, 0.2) is 0 Å². The maximum atomic E-state index is 2.42. The predicted octanol–water partition coefficient (Wildman–Crippen LogP) is 4.83. The van der Waals surface area contributed by atoms with Crippen LogP contribution in [-0.4, -0.2) is 0 Å². The first kappa shape index (κ1) is 12.5. The smallest absolute Gasteiger partial charge is 0.0193 e. The lowest BCUT2D eigenvalue weighted by molar-refractivity contribution is 0.243. The fraction of sp³-hybridized carbons (Fsp3) is 0.733. The van der Waals surface area contributed by atoms with Crippen molar-refractivity contribution in [1.82, 2.24) is 0 Å². The van der Waals surface area contributed by atoms with E-state index in [-0.39, 0.29) is 0 Å². The average molecular weight is 206 g/mol. The van der Waals surface area contributed by atoms with E-state index in [9.17, 15) is 0 Å². The van der Waals surface area contributed by atoms with Gasteiger partial charge < -0.3 is 0 Å². The summed E-state index contributed by atoms with van der Waals surface area (Å²) in [4.78, 5) is 0. The molecule has 4 unspecified atom stereocenters. The molecular weight excluding hydrogens is 180 g/mol. The molecule has 0 aliphatic heterocycles. The normalized spacial score (nSPS) is 26.3. The molecule has 0 aromatic rings. The Morgan fingerprint density at radius 2 is 1.87 bits per heavy atom. The van der Waals surface area contributed by atoms with Crippen molar-refractivity contribution in [1.29, 1.82) is 0 Å². The van der Waals surface area contributed by atoms with E-state index in [1.54, 1.807) is 0 Å². The first-order valence-electron chi connectivity index (χ1n) is 6.48. The molecule has 0 spiro atoms. The average Bonchev–Trinajstić information content (AvgIpc) is 2.28. The van der Waals surface area contributed by atoms with E-state index in [2.05, 4.69) is 52.0 Å². The SMILES string of the molecule is CCC(C)C(C)C(C)CC1C=CC=CC1. The molecule has 15 heavy (non-hydrogen) atoms. The molecule has 0 aromatic carbocycles. The van der Waals surface area contributed by atoms with E-state index < -0.39 is 0 Å². The molecule has 0 heteroatoms. The summed E-state index contributed by atoms with van der Waals surface area (Å²) in [7, 11) is 0. The number of hydrogen-bond acceptors (Lipinski definition) is 0. The molecule has 0 saturated heterocycles. The number of rotatable bonds is 5. The fourth-order valence-corrected chi connectivity index (χ4v) is 2.43. The highest BCUT2D eigenvalue weighted by molar-refractivity contribution is 5.10. The van der Waals surface area contributed by atoms with Crippen molar-refractivity contribution in [2.24, 2.45) is 23.7 Å². The van der Waals surface area contributed by atoms with Gasteiger partial charge in [-0.05, 0) is 36.5 Å². The van der Waals surface area contributed by atoms with Gasteiger partial charge in [0.25, 0.3) is 0 Å². The van der Waals surface area contributed by atoms with E-state index in [0.29, 0.717) is 0 Å². The van der Waals surface area contributed by atoms with Gasteiger partial charge in [0.1, 0.15) is 0 Å². The van der Waals surface area contributed by atoms with Gasteiger partial charge in [-0.3, -0.25) is 0 Å². The van der Waals surface area contributed by atoms with E-state index in [1.165, 1.54) is 19.3 Å². The molecule has 1 aliphatic rings. The van der Waals surface area contributed by atoms with Gasteiger partial charge in [-0.25, -0.2) is 0 Å². The summed E-state index contributed by atoms with van der Waals surface area (Å²) in [5.41, 5.74) is 0. The highest BCUT2D eigenvalue weighted by atomic mass is 14.3. The lowest BCUT2D eigenvalue weighted by atomic mass is 9.78. The van der Waals surface area contributed by atoms with Gasteiger partial charge in [-0.2, -0.15) is 0 Å². The molecule has 4 atom stereocenters. The summed E-state index contributed by atoms with van der Waals surface area (Å²) in [6, 6.07) is 0. The number of allylic oxidation sites excluding steroid dienone is 4. The van der Waals surface area contributed by atoms with Crippen LogP contribution < -0.4 is 0 Å². The second-order valence-electron chi connectivity index (χ2n) is 5.27. The first-order chi connectivity index (χ1) is 7.15. The summed E-state index contributed by atoms with van der Waals surface area (Å²) >= 11 is 0. The second kappa shape index (κ2) is 6.15. The third-order valence-corrected chi connectivity index (χ3v) is 4.18. The Kier molecular flexibility index (Phi) is 5.14. The van der Waals surface area contributed by atoms with Crippen LogP contribution in [0.25, 0.3) is 0 Å². The molecule has 0 nitrogen and oxygen atoms in total. The minimum absolute atomic E-state index is 0.788. The van der Waals surface area contributed by atoms with Crippen molar-refractivity contribution >= 4 is 0 Å². The third-order valence-electron chi connectivity index (χ3n) is 4.18. The zero-order valence-electron chi connectivity index (χ0n) is 10.7. The van der Waals surface area contributed by atoms with Crippen LogP contribution in [0.15, 0.2) is 24.3 Å². The van der Waals surface area contributed by atoms with Crippen LogP contribution in [0.2, 0.25) is 0 Å². The van der Waals surface area contributed by atoms with Gasteiger partial charge in [-0.15, -0.1) is 0 Å². The van der Waals surface area contributed by atoms with Crippen LogP contribution in [-0.2, 0) is 0 Å². The Hall–Kier alpha value is -0.520. The maximum absolute atomic E-state index is 2.42. The highest BCUT2D eigenvalue weighted by Crippen LogP contribution is 2.30. The van der Waals surface area contributed by atoms with Crippen LogP contribution >= 0.6 is 0 Å². The Morgan fingerprint density at radius 1 is 1.13 bits per heavy atom. The topological polar surface area (TPSA) is 0 Å². The van der Waals surface area contributed by atoms with Crippen LogP contribution in [0.5, 0.6) is 0 Å². The predicted molar refractivity (Wildman–Crippen MR) is 68.8 cm³/mol. The van der Waals surface area contributed by atoms with E-state index in [4.69, 9.17) is 0 Å². The quantitative estimate of drug-likeness (QED) is 0.604. The minimum atomic E-state index is 0.788. The second-order valence-corrected chi connectivity index (χ2v) is 5.27. The standard InChI is InChI=1S/C15H26/c1-5-12(2)14(4)13(3)11-15-9-7-6-8-10-15/h6-9,12-15H,5,10-11H2,1-4H3. The molecule has 0 amide bonds. The van der Waals surface area contributed by atoms with Crippen LogP contribution in [0.1, 0.15) is 47.0 Å². The Bertz CT molecular complexity index is 224. The molecular formula is C15H26. The summed E-state index contributed by atoms with van der Waals surface area (Å²) < 4.78 is 0.